The number of amidine groups is 1. The largest absolute Gasteiger partial charge is 0.471 e. The maximum Gasteiger partial charge on any atom is 0.385 e. The smallest absolute Gasteiger partial charge is 0.385 e. The Morgan fingerprint density at radius 2 is 1.70 bits per heavy atom. The minimum atomic E-state index is -0.731. The average molecular weight is 441 g/mol. The maximum absolute atomic E-state index is 12.3. The lowest BCUT2D eigenvalue weighted by molar-refractivity contribution is 0.0507. The summed E-state index contributed by atoms with van der Waals surface area (Å²) in [4.78, 5) is 17.2. The van der Waals surface area contributed by atoms with Crippen LogP contribution >= 0.6 is 0 Å². The number of oxime groups is 1. The van der Waals surface area contributed by atoms with Gasteiger partial charge in [0.25, 0.3) is 0 Å². The second kappa shape index (κ2) is 9.69. The number of carbonyl (C=O) groups is 1. The van der Waals surface area contributed by atoms with Crippen LogP contribution in [0.4, 0.5) is 5.69 Å². The molecule has 0 radical (unpaired) electrons. The molecule has 0 aliphatic heterocycles. The van der Waals surface area contributed by atoms with Gasteiger partial charge in [-0.15, -0.1) is 0 Å². The highest BCUT2D eigenvalue weighted by atomic mass is 16.7. The first-order valence-electron chi connectivity index (χ1n) is 10.2. The highest BCUT2D eigenvalue weighted by molar-refractivity contribution is 6.00. The summed E-state index contributed by atoms with van der Waals surface area (Å²) in [7, 11) is 0. The van der Waals surface area contributed by atoms with Crippen LogP contribution in [0.15, 0.2) is 90.2 Å². The van der Waals surface area contributed by atoms with Gasteiger partial charge in [0.1, 0.15) is 5.75 Å². The SMILES string of the molecule is Cc1c(N)cccc1/C(N)=N/OC(=O)c1ccn(COc2ccc(-c3ccccc3)cc2)n1. The molecule has 0 fully saturated rings. The van der Waals surface area contributed by atoms with Crippen LogP contribution in [-0.4, -0.2) is 21.6 Å². The van der Waals surface area contributed by atoms with Crippen molar-refractivity contribution in [2.75, 3.05) is 5.73 Å². The molecule has 8 heteroatoms. The Kier molecular flexibility index (Phi) is 6.36. The summed E-state index contributed by atoms with van der Waals surface area (Å²) in [5.41, 5.74) is 16.0. The van der Waals surface area contributed by atoms with Crippen molar-refractivity contribution in [3.05, 3.63) is 102 Å². The second-order valence-corrected chi connectivity index (χ2v) is 7.28. The van der Waals surface area contributed by atoms with Crippen LogP contribution in [0.1, 0.15) is 21.6 Å². The fourth-order valence-electron chi connectivity index (χ4n) is 3.17. The summed E-state index contributed by atoms with van der Waals surface area (Å²) in [6, 6.07) is 24.6. The number of carbonyl (C=O) groups excluding carboxylic acids is 1. The summed E-state index contributed by atoms with van der Waals surface area (Å²) in [6.07, 6.45) is 1.62. The Balaban J connectivity index is 1.34. The highest BCUT2D eigenvalue weighted by Gasteiger charge is 2.13. The minimum Gasteiger partial charge on any atom is -0.471 e. The third kappa shape index (κ3) is 5.19. The molecule has 4 N–H and O–H groups in total. The van der Waals surface area contributed by atoms with Gasteiger partial charge in [0, 0.05) is 17.4 Å². The Bertz CT molecular complexity index is 1280. The third-order valence-electron chi connectivity index (χ3n) is 5.05. The van der Waals surface area contributed by atoms with Crippen molar-refractivity contribution in [2.24, 2.45) is 10.9 Å². The molecule has 0 spiro atoms. The first-order valence-corrected chi connectivity index (χ1v) is 10.2. The van der Waals surface area contributed by atoms with Gasteiger partial charge < -0.3 is 21.0 Å². The van der Waals surface area contributed by atoms with Gasteiger partial charge in [-0.05, 0) is 47.9 Å². The van der Waals surface area contributed by atoms with E-state index in [1.165, 1.54) is 10.7 Å². The molecule has 3 aromatic carbocycles. The molecule has 8 nitrogen and oxygen atoms in total. The number of nitrogen functional groups attached to an aromatic ring is 1. The Hall–Kier alpha value is -4.59. The standard InChI is InChI=1S/C25H23N5O3/c1-17-21(8-5-9-22(17)26)24(27)29-33-25(31)23-14-15-30(28-23)16-32-20-12-10-19(11-13-20)18-6-3-2-4-7-18/h2-15H,16,26H2,1H3,(H2,27,29). The Morgan fingerprint density at radius 3 is 2.45 bits per heavy atom. The second-order valence-electron chi connectivity index (χ2n) is 7.28. The van der Waals surface area contributed by atoms with Crippen LogP contribution in [-0.2, 0) is 11.6 Å². The topological polar surface area (TPSA) is 118 Å². The van der Waals surface area contributed by atoms with Crippen molar-refractivity contribution < 1.29 is 14.4 Å². The number of hydrogen-bond donors (Lipinski definition) is 2. The predicted molar refractivity (Wildman–Crippen MR) is 126 cm³/mol. The van der Waals surface area contributed by atoms with Crippen molar-refractivity contribution in [2.45, 2.75) is 13.7 Å². The van der Waals surface area contributed by atoms with Gasteiger partial charge in [-0.1, -0.05) is 59.8 Å². The lowest BCUT2D eigenvalue weighted by Gasteiger charge is -2.07. The van der Waals surface area contributed by atoms with Crippen molar-refractivity contribution >= 4 is 17.5 Å². The van der Waals surface area contributed by atoms with E-state index in [1.54, 1.807) is 24.4 Å². The van der Waals surface area contributed by atoms with Gasteiger partial charge in [0.15, 0.2) is 18.3 Å². The zero-order chi connectivity index (χ0) is 23.2. The summed E-state index contributed by atoms with van der Waals surface area (Å²) >= 11 is 0. The maximum atomic E-state index is 12.3. The van der Waals surface area contributed by atoms with E-state index < -0.39 is 5.97 Å². The van der Waals surface area contributed by atoms with Gasteiger partial charge in [0.2, 0.25) is 0 Å². The van der Waals surface area contributed by atoms with Gasteiger partial charge >= 0.3 is 5.97 Å². The third-order valence-corrected chi connectivity index (χ3v) is 5.05. The van der Waals surface area contributed by atoms with E-state index in [4.69, 9.17) is 21.0 Å². The Morgan fingerprint density at radius 1 is 0.970 bits per heavy atom. The number of nitrogens with two attached hydrogens (primary N) is 2. The van der Waals surface area contributed by atoms with Crippen molar-refractivity contribution in [1.29, 1.82) is 0 Å². The number of nitrogens with zero attached hydrogens (tertiary/aromatic N) is 3. The van der Waals surface area contributed by atoms with E-state index in [0.717, 1.165) is 16.7 Å². The average Bonchev–Trinajstić information content (AvgIpc) is 3.33. The molecule has 1 aromatic heterocycles. The Labute approximate surface area is 191 Å². The van der Waals surface area contributed by atoms with Gasteiger partial charge in [0.05, 0.1) is 0 Å². The van der Waals surface area contributed by atoms with E-state index in [9.17, 15) is 4.79 Å². The summed E-state index contributed by atoms with van der Waals surface area (Å²) in [6.45, 7) is 1.94. The molecule has 0 atom stereocenters. The molecule has 0 aliphatic rings. The van der Waals surface area contributed by atoms with E-state index >= 15 is 0 Å². The summed E-state index contributed by atoms with van der Waals surface area (Å²) in [5, 5.41) is 7.88. The molecule has 4 rings (SSSR count). The van der Waals surface area contributed by atoms with Crippen LogP contribution in [0, 0.1) is 6.92 Å². The van der Waals surface area contributed by atoms with Gasteiger partial charge in [-0.3, -0.25) is 0 Å². The predicted octanol–water partition coefficient (Wildman–Crippen LogP) is 3.95. The summed E-state index contributed by atoms with van der Waals surface area (Å²) in [5.74, 6) is 0.00419. The molecule has 166 valence electrons. The van der Waals surface area contributed by atoms with E-state index in [0.29, 0.717) is 17.0 Å². The zero-order valence-electron chi connectivity index (χ0n) is 18.0. The normalized spacial score (nSPS) is 11.2. The molecule has 33 heavy (non-hydrogen) atoms. The minimum absolute atomic E-state index is 0.0508. The number of anilines is 1. The number of ether oxygens (including phenoxy) is 1. The van der Waals surface area contributed by atoms with E-state index in [2.05, 4.69) is 10.3 Å². The molecule has 1 heterocycles. The number of benzene rings is 3. The quantitative estimate of drug-likeness (QED) is 0.147. The number of rotatable bonds is 7. The molecular weight excluding hydrogens is 418 g/mol. The van der Waals surface area contributed by atoms with Crippen LogP contribution in [0.25, 0.3) is 11.1 Å². The number of aromatic nitrogens is 2. The molecule has 0 aliphatic carbocycles. The zero-order valence-corrected chi connectivity index (χ0v) is 18.0. The molecule has 0 saturated heterocycles. The van der Waals surface area contributed by atoms with Crippen LogP contribution < -0.4 is 16.2 Å². The molecule has 0 bridgehead atoms. The highest BCUT2D eigenvalue weighted by Crippen LogP contribution is 2.22. The molecular formula is C25H23N5O3. The summed E-state index contributed by atoms with van der Waals surface area (Å²) < 4.78 is 7.23. The van der Waals surface area contributed by atoms with E-state index in [-0.39, 0.29) is 18.3 Å². The van der Waals surface area contributed by atoms with E-state index in [1.807, 2.05) is 61.5 Å². The van der Waals surface area contributed by atoms with Crippen LogP contribution in [0.2, 0.25) is 0 Å². The lowest BCUT2D eigenvalue weighted by Crippen LogP contribution is -2.17. The van der Waals surface area contributed by atoms with Crippen LogP contribution in [0.3, 0.4) is 0 Å². The number of hydrogen-bond acceptors (Lipinski definition) is 6. The first-order chi connectivity index (χ1) is 16.0. The first kappa shape index (κ1) is 21.6. The lowest BCUT2D eigenvalue weighted by atomic mass is 10.1. The van der Waals surface area contributed by atoms with Gasteiger partial charge in [-0.25, -0.2) is 9.48 Å². The van der Waals surface area contributed by atoms with Gasteiger partial charge in [-0.2, -0.15) is 5.10 Å². The molecule has 0 unspecified atom stereocenters. The fourth-order valence-corrected chi connectivity index (χ4v) is 3.17. The van der Waals surface area contributed by atoms with Crippen molar-refractivity contribution in [1.82, 2.24) is 9.78 Å². The molecule has 0 amide bonds. The van der Waals surface area contributed by atoms with Crippen LogP contribution in [0.5, 0.6) is 5.75 Å². The monoisotopic (exact) mass is 441 g/mol. The molecule has 4 aromatic rings. The van der Waals surface area contributed by atoms with Crippen molar-refractivity contribution in [3.63, 3.8) is 0 Å². The van der Waals surface area contributed by atoms with Crippen molar-refractivity contribution in [3.8, 4) is 16.9 Å². The molecule has 0 saturated carbocycles. The fraction of sp³-hybridized carbons (Fsp3) is 0.0800.